The van der Waals surface area contributed by atoms with E-state index in [0.29, 0.717) is 0 Å². The fourth-order valence-corrected chi connectivity index (χ4v) is 0. The molecule has 6 N–H and O–H groups in total. The second-order valence-corrected chi connectivity index (χ2v) is 3.51. The number of rotatable bonds is 0. The van der Waals surface area contributed by atoms with E-state index in [4.69, 9.17) is 35.2 Å². The van der Waals surface area contributed by atoms with Crippen LogP contribution < -0.4 is 0 Å². The molecule has 10 heteroatoms. The first-order chi connectivity index (χ1) is 4.00. The van der Waals surface area contributed by atoms with E-state index in [-0.39, 0.29) is 0 Å². The van der Waals surface area contributed by atoms with Crippen molar-refractivity contribution in [3.8, 4) is 0 Å². The predicted octanol–water partition coefficient (Wildman–Crippen LogP) is -3.96. The molecule has 0 aromatic carbocycles. The molecule has 0 heterocycles. The number of hydrogen-bond acceptors (Lipinski definition) is 6. The molecule has 0 unspecified atom stereocenters. The molecule has 0 fully saturated rings. The van der Waals surface area contributed by atoms with Crippen molar-refractivity contribution in [2.24, 2.45) is 0 Å². The summed E-state index contributed by atoms with van der Waals surface area (Å²) in [5, 5.41) is 0. The van der Waals surface area contributed by atoms with Gasteiger partial charge in [0.15, 0.2) is 0 Å². The van der Waals surface area contributed by atoms with Crippen molar-refractivity contribution in [1.29, 1.82) is 0 Å². The standard InChI is InChI=1S/Mn.H4O4Si.2H2O.2O/c;1-5(2,3)4;;;;/h;1-4H;2*1H2;;/q+2;;;;;/p-2. The molecule has 0 aromatic rings. The second-order valence-electron chi connectivity index (χ2n) is 1.01. The monoisotopic (exact) mass is 217 g/mol. The van der Waals surface area contributed by atoms with Gasteiger partial charge in [-0.05, 0) is 0 Å². The van der Waals surface area contributed by atoms with Crippen LogP contribution in [-0.4, -0.2) is 36.6 Å². The first kappa shape index (κ1) is 12.7. The Morgan fingerprint density at radius 2 is 0.900 bits per heavy atom. The fraction of sp³-hybridized carbons (Fsp3) is 0. The molecule has 0 aliphatic carbocycles. The van der Waals surface area contributed by atoms with E-state index >= 15 is 0 Å². The molecule has 0 aromatic heterocycles. The van der Waals surface area contributed by atoms with Crippen LogP contribution in [0.5, 0.6) is 0 Å². The molecule has 0 saturated carbocycles. The average molecular weight is 217 g/mol. The Labute approximate surface area is 58.4 Å². The molecule has 10 heavy (non-hydrogen) atoms. The Hall–Kier alpha value is 0.0964. The van der Waals surface area contributed by atoms with Gasteiger partial charge in [-0.2, -0.15) is 0 Å². The molecule has 0 saturated heterocycles. The van der Waals surface area contributed by atoms with Crippen LogP contribution in [0.25, 0.3) is 0 Å². The van der Waals surface area contributed by atoms with Gasteiger partial charge in [-0.3, -0.25) is 0 Å². The van der Waals surface area contributed by atoms with E-state index in [9.17, 15) is 0 Å². The van der Waals surface area contributed by atoms with Crippen LogP contribution in [0, 0.1) is 0 Å². The first-order valence-electron chi connectivity index (χ1n) is 1.54. The summed E-state index contributed by atoms with van der Waals surface area (Å²) in [6, 6.07) is 0. The normalized spacial score (nSPS) is 11.8. The predicted molar refractivity (Wildman–Crippen MR) is 20.4 cm³/mol. The van der Waals surface area contributed by atoms with E-state index in [1.165, 1.54) is 0 Å². The summed E-state index contributed by atoms with van der Waals surface area (Å²) in [4.78, 5) is 29.3. The average Bonchev–Trinajstić information content (AvgIpc) is 1.12. The van der Waals surface area contributed by atoms with Crippen molar-refractivity contribution in [2.75, 3.05) is 0 Å². The molecule has 0 atom stereocenters. The van der Waals surface area contributed by atoms with Crippen LogP contribution in [-0.2, 0) is 21.0 Å². The van der Waals surface area contributed by atoms with Gasteiger partial charge >= 0.3 is 38.5 Å². The molecule has 0 aliphatic rings. The van der Waals surface area contributed by atoms with Crippen LogP contribution in [0.3, 0.4) is 0 Å². The minimum absolute atomic E-state index is 4.61. The summed E-state index contributed by atoms with van der Waals surface area (Å²) in [6.45, 7) is 0. The Kier molecular flexibility index (Phi) is 5.19. The van der Waals surface area contributed by atoms with E-state index in [1.54, 1.807) is 0 Å². The Morgan fingerprint density at radius 3 is 0.900 bits per heavy atom. The van der Waals surface area contributed by atoms with Gasteiger partial charge in [-0.15, -0.1) is 0 Å². The molecular weight excluding hydrogens is 211 g/mol. The van der Waals surface area contributed by atoms with Crippen LogP contribution in [0.15, 0.2) is 0 Å². The van der Waals surface area contributed by atoms with Gasteiger partial charge in [0.05, 0.1) is 0 Å². The zero-order valence-corrected chi connectivity index (χ0v) is 6.56. The third-order valence-corrected chi connectivity index (χ3v) is 0. The van der Waals surface area contributed by atoms with E-state index in [1.807, 2.05) is 0 Å². The molecular formula is H6MnO8Si. The van der Waals surface area contributed by atoms with Gasteiger partial charge in [0.1, 0.15) is 0 Å². The summed E-state index contributed by atoms with van der Waals surface area (Å²) < 4.78 is 31.8. The summed E-state index contributed by atoms with van der Waals surface area (Å²) in [6.07, 6.45) is 0. The van der Waals surface area contributed by atoms with Gasteiger partial charge < -0.3 is 19.2 Å². The van der Waals surface area contributed by atoms with Crippen molar-refractivity contribution < 1.29 is 48.6 Å². The molecule has 8 nitrogen and oxygen atoms in total. The van der Waals surface area contributed by atoms with Crippen molar-refractivity contribution in [3.63, 3.8) is 0 Å². The molecule has 0 rings (SSSR count). The Balaban J connectivity index is 0. The van der Waals surface area contributed by atoms with Crippen molar-refractivity contribution in [3.05, 3.63) is 0 Å². The summed E-state index contributed by atoms with van der Waals surface area (Å²) in [5.74, 6) is 0. The third kappa shape index (κ3) is 43900. The Bertz CT molecular complexity index is 144. The molecule has 0 amide bonds. The zero-order valence-electron chi connectivity index (χ0n) is 4.38. The molecule has 0 bridgehead atoms. The molecule has 0 aliphatic heterocycles. The van der Waals surface area contributed by atoms with Gasteiger partial charge in [-0.1, -0.05) is 0 Å². The summed E-state index contributed by atoms with van der Waals surface area (Å²) in [7, 11) is -4.61. The quantitative estimate of drug-likeness (QED) is 0.224. The van der Waals surface area contributed by atoms with Crippen molar-refractivity contribution in [2.45, 2.75) is 0 Å². The van der Waals surface area contributed by atoms with E-state index in [0.717, 1.165) is 0 Å². The summed E-state index contributed by atoms with van der Waals surface area (Å²) in [5.41, 5.74) is 0. The van der Waals surface area contributed by atoms with E-state index in [2.05, 4.69) is 0 Å². The number of hydrogen-bond donors (Lipinski definition) is 6. The van der Waals surface area contributed by atoms with Gasteiger partial charge in [-0.25, -0.2) is 0 Å². The Morgan fingerprint density at radius 1 is 0.900 bits per heavy atom. The van der Waals surface area contributed by atoms with Gasteiger partial charge in [0.2, 0.25) is 0 Å². The van der Waals surface area contributed by atoms with Crippen LogP contribution in [0.1, 0.15) is 0 Å². The second kappa shape index (κ2) is 4.08. The van der Waals surface area contributed by atoms with Gasteiger partial charge in [0.25, 0.3) is 0 Å². The fourth-order valence-electron chi connectivity index (χ4n) is 0. The van der Waals surface area contributed by atoms with Crippen LogP contribution in [0.2, 0.25) is 0 Å². The van der Waals surface area contributed by atoms with Crippen molar-refractivity contribution in [1.82, 2.24) is 0 Å². The SMILES string of the molecule is O[Si](O)(O)O.[O]=[Mn](=[O])([OH])[OH]. The van der Waals surface area contributed by atoms with E-state index < -0.39 is 22.4 Å². The van der Waals surface area contributed by atoms with Crippen molar-refractivity contribution >= 4 is 9.05 Å². The maximum absolute atomic E-state index is 8.80. The minimum atomic E-state index is -5.12. The zero-order chi connectivity index (χ0) is 9.00. The topological polar surface area (TPSA) is 156 Å². The third-order valence-electron chi connectivity index (χ3n) is 0. The van der Waals surface area contributed by atoms with Gasteiger partial charge in [0, 0.05) is 0 Å². The van der Waals surface area contributed by atoms with Crippen LogP contribution >= 0.6 is 0 Å². The van der Waals surface area contributed by atoms with Crippen LogP contribution in [0.4, 0.5) is 0 Å². The first-order valence-corrected chi connectivity index (χ1v) is 5.35. The molecule has 65 valence electrons. The molecule has 0 radical (unpaired) electrons. The summed E-state index contributed by atoms with van der Waals surface area (Å²) >= 11 is -5.12. The maximum atomic E-state index is 8.80. The molecule has 0 spiro atoms.